The molecule has 0 unspecified atom stereocenters. The summed E-state index contributed by atoms with van der Waals surface area (Å²) in [7, 11) is 0. The number of fused-ring (bicyclic) bond motifs is 1. The number of aryl methyl sites for hydroxylation is 3. The van der Waals surface area contributed by atoms with Crippen LogP contribution in [0.15, 0.2) is 65.1 Å². The van der Waals surface area contributed by atoms with E-state index in [2.05, 4.69) is 35.8 Å². The van der Waals surface area contributed by atoms with Gasteiger partial charge in [0.1, 0.15) is 5.75 Å². The number of halogens is 1. The lowest BCUT2D eigenvalue weighted by Gasteiger charge is -2.16. The number of nitrogens with zero attached hydrogens (tertiary/aromatic N) is 1. The maximum atomic E-state index is 13.5. The van der Waals surface area contributed by atoms with Gasteiger partial charge in [0, 0.05) is 15.4 Å². The second-order valence-corrected chi connectivity index (χ2v) is 9.54. The van der Waals surface area contributed by atoms with Crippen molar-refractivity contribution in [1.29, 1.82) is 0 Å². The summed E-state index contributed by atoms with van der Waals surface area (Å²) in [4.78, 5) is 18.4. The lowest BCUT2D eigenvalue weighted by molar-refractivity contribution is 0.0735. The van der Waals surface area contributed by atoms with Gasteiger partial charge in [-0.25, -0.2) is 9.78 Å². The smallest absolute Gasteiger partial charge is 0.344 e. The van der Waals surface area contributed by atoms with E-state index in [1.54, 1.807) is 0 Å². The van der Waals surface area contributed by atoms with E-state index < -0.39 is 0 Å². The first-order chi connectivity index (χ1) is 15.2. The van der Waals surface area contributed by atoms with Crippen LogP contribution in [0.5, 0.6) is 5.75 Å². The van der Waals surface area contributed by atoms with Crippen LogP contribution in [0.3, 0.4) is 0 Å². The number of ether oxygens (including phenoxy) is 1. The molecule has 0 bridgehead atoms. The van der Waals surface area contributed by atoms with E-state index in [4.69, 9.17) is 9.72 Å². The van der Waals surface area contributed by atoms with Gasteiger partial charge in [-0.2, -0.15) is 0 Å². The molecule has 4 rings (SSSR count). The Labute approximate surface area is 197 Å². The van der Waals surface area contributed by atoms with Gasteiger partial charge >= 0.3 is 5.97 Å². The maximum Gasteiger partial charge on any atom is 0.344 e. The van der Waals surface area contributed by atoms with E-state index in [1.807, 2.05) is 75.4 Å². The van der Waals surface area contributed by atoms with Gasteiger partial charge in [0.2, 0.25) is 0 Å². The molecule has 4 aromatic rings. The average Bonchev–Trinajstić information content (AvgIpc) is 2.73. The molecule has 0 radical (unpaired) electrons. The van der Waals surface area contributed by atoms with E-state index in [9.17, 15) is 4.79 Å². The minimum Gasteiger partial charge on any atom is -0.423 e. The van der Waals surface area contributed by atoms with Crippen molar-refractivity contribution in [1.82, 2.24) is 4.98 Å². The molecule has 162 valence electrons. The topological polar surface area (TPSA) is 39.2 Å². The fourth-order valence-electron chi connectivity index (χ4n) is 3.98. The van der Waals surface area contributed by atoms with E-state index in [0.29, 0.717) is 11.3 Å². The second kappa shape index (κ2) is 8.87. The third-order valence-electron chi connectivity index (χ3n) is 5.60. The van der Waals surface area contributed by atoms with Crippen molar-refractivity contribution in [3.05, 3.63) is 93.0 Å². The van der Waals surface area contributed by atoms with Gasteiger partial charge in [-0.1, -0.05) is 65.7 Å². The first kappa shape index (κ1) is 22.2. The normalized spacial score (nSPS) is 11.2. The van der Waals surface area contributed by atoms with Crippen LogP contribution in [-0.4, -0.2) is 11.0 Å². The number of carbonyl (C=O) groups excluding carboxylic acids is 1. The molecule has 3 nitrogen and oxygen atoms in total. The predicted octanol–water partition coefficient (Wildman–Crippen LogP) is 7.93. The van der Waals surface area contributed by atoms with Crippen LogP contribution >= 0.6 is 15.9 Å². The quantitative estimate of drug-likeness (QED) is 0.216. The van der Waals surface area contributed by atoms with Crippen LogP contribution in [0.2, 0.25) is 0 Å². The summed E-state index contributed by atoms with van der Waals surface area (Å²) in [6.45, 7) is 10.3. The van der Waals surface area contributed by atoms with Crippen molar-refractivity contribution < 1.29 is 9.53 Å². The highest BCUT2D eigenvalue weighted by Gasteiger charge is 2.19. The highest BCUT2D eigenvalue weighted by Crippen LogP contribution is 2.32. The molecular weight excluding hydrogens is 462 g/mol. The molecule has 0 amide bonds. The summed E-state index contributed by atoms with van der Waals surface area (Å²) in [5, 5.41) is 0.812. The number of esters is 1. The molecule has 0 aliphatic heterocycles. The lowest BCUT2D eigenvalue weighted by Crippen LogP contribution is -2.12. The zero-order valence-electron chi connectivity index (χ0n) is 19.0. The van der Waals surface area contributed by atoms with E-state index >= 15 is 0 Å². The molecule has 0 atom stereocenters. The van der Waals surface area contributed by atoms with Gasteiger partial charge in [0.05, 0.1) is 16.8 Å². The minimum absolute atomic E-state index is 0.246. The molecule has 1 aromatic heterocycles. The summed E-state index contributed by atoms with van der Waals surface area (Å²) in [6, 6.07) is 19.9. The summed E-state index contributed by atoms with van der Waals surface area (Å²) in [6.07, 6.45) is 0. The molecule has 1 heterocycles. The van der Waals surface area contributed by atoms with Crippen LogP contribution in [0.1, 0.15) is 52.4 Å². The monoisotopic (exact) mass is 487 g/mol. The summed E-state index contributed by atoms with van der Waals surface area (Å²) < 4.78 is 6.99. The number of hydrogen-bond acceptors (Lipinski definition) is 3. The molecule has 0 aliphatic carbocycles. The van der Waals surface area contributed by atoms with Crippen molar-refractivity contribution in [3.63, 3.8) is 0 Å². The van der Waals surface area contributed by atoms with Crippen LogP contribution in [0, 0.1) is 20.8 Å². The Kier molecular flexibility index (Phi) is 6.16. The Morgan fingerprint density at radius 2 is 1.62 bits per heavy atom. The van der Waals surface area contributed by atoms with Crippen molar-refractivity contribution in [2.75, 3.05) is 0 Å². The average molecular weight is 488 g/mol. The molecular formula is C28H26BrNO2. The van der Waals surface area contributed by atoms with Crippen molar-refractivity contribution in [2.24, 2.45) is 0 Å². The van der Waals surface area contributed by atoms with E-state index in [1.165, 1.54) is 0 Å². The molecule has 0 saturated heterocycles. The zero-order valence-corrected chi connectivity index (χ0v) is 20.6. The van der Waals surface area contributed by atoms with Gasteiger partial charge in [0.15, 0.2) is 0 Å². The van der Waals surface area contributed by atoms with Crippen LogP contribution < -0.4 is 4.74 Å². The van der Waals surface area contributed by atoms with Crippen molar-refractivity contribution >= 4 is 32.8 Å². The zero-order chi connectivity index (χ0) is 23.0. The van der Waals surface area contributed by atoms with Crippen molar-refractivity contribution in [3.8, 4) is 17.0 Å². The molecule has 0 fully saturated rings. The SMILES string of the molecule is Cc1ccc(C(C)C)c(OC(=O)c2cc(-c3ccc(Br)cc3)nc3c(C)cc(C)cc23)c1. The van der Waals surface area contributed by atoms with Gasteiger partial charge in [0.25, 0.3) is 0 Å². The first-order valence-electron chi connectivity index (χ1n) is 10.7. The summed E-state index contributed by atoms with van der Waals surface area (Å²) in [5.41, 5.74) is 7.22. The number of hydrogen-bond donors (Lipinski definition) is 0. The molecule has 0 saturated carbocycles. The largest absolute Gasteiger partial charge is 0.423 e. The Hall–Kier alpha value is -2.98. The number of aromatic nitrogens is 1. The third-order valence-corrected chi connectivity index (χ3v) is 6.13. The Bertz CT molecular complexity index is 1320. The van der Waals surface area contributed by atoms with Gasteiger partial charge in [-0.05, 0) is 73.7 Å². The number of rotatable bonds is 4. The standard InChI is InChI=1S/C28H26BrNO2/c1-16(2)22-11-6-17(3)14-26(22)32-28(31)24-15-25(20-7-9-21(29)10-8-20)30-27-19(5)12-18(4)13-23(24)27/h6-16H,1-5H3. The van der Waals surface area contributed by atoms with Gasteiger partial charge in [-0.15, -0.1) is 0 Å². The second-order valence-electron chi connectivity index (χ2n) is 8.63. The Balaban J connectivity index is 1.88. The molecule has 0 spiro atoms. The highest BCUT2D eigenvalue weighted by atomic mass is 79.9. The predicted molar refractivity (Wildman–Crippen MR) is 135 cm³/mol. The first-order valence-corrected chi connectivity index (χ1v) is 11.5. The molecule has 0 N–H and O–H groups in total. The van der Waals surface area contributed by atoms with Crippen LogP contribution in [-0.2, 0) is 0 Å². The fraction of sp³-hybridized carbons (Fsp3) is 0.214. The van der Waals surface area contributed by atoms with Gasteiger partial charge in [-0.3, -0.25) is 0 Å². The lowest BCUT2D eigenvalue weighted by atomic mass is 9.99. The third kappa shape index (κ3) is 4.46. The molecule has 4 heteroatoms. The van der Waals surface area contributed by atoms with Gasteiger partial charge < -0.3 is 4.74 Å². The number of benzene rings is 3. The maximum absolute atomic E-state index is 13.5. The molecule has 32 heavy (non-hydrogen) atoms. The summed E-state index contributed by atoms with van der Waals surface area (Å²) >= 11 is 3.48. The Morgan fingerprint density at radius 3 is 2.31 bits per heavy atom. The summed E-state index contributed by atoms with van der Waals surface area (Å²) in [5.74, 6) is 0.494. The minimum atomic E-state index is -0.367. The van der Waals surface area contributed by atoms with Crippen molar-refractivity contribution in [2.45, 2.75) is 40.5 Å². The number of carbonyl (C=O) groups is 1. The number of pyridine rings is 1. The Morgan fingerprint density at radius 1 is 0.906 bits per heavy atom. The highest BCUT2D eigenvalue weighted by molar-refractivity contribution is 9.10. The fourth-order valence-corrected chi connectivity index (χ4v) is 4.24. The van der Waals surface area contributed by atoms with E-state index in [-0.39, 0.29) is 11.9 Å². The van der Waals surface area contributed by atoms with Crippen LogP contribution in [0.25, 0.3) is 22.2 Å². The molecule has 3 aromatic carbocycles. The van der Waals surface area contributed by atoms with E-state index in [0.717, 1.165) is 48.9 Å². The molecule has 0 aliphatic rings. The van der Waals surface area contributed by atoms with Crippen LogP contribution in [0.4, 0.5) is 0 Å².